The van der Waals surface area contributed by atoms with Crippen LogP contribution in [-0.4, -0.2) is 19.2 Å². The second-order valence-corrected chi connectivity index (χ2v) is 7.34. The van der Waals surface area contributed by atoms with Crippen molar-refractivity contribution >= 4 is 5.97 Å². The van der Waals surface area contributed by atoms with E-state index in [1.807, 2.05) is 0 Å². The van der Waals surface area contributed by atoms with Crippen molar-refractivity contribution in [1.29, 1.82) is 0 Å². The first kappa shape index (κ1) is 18.4. The Balaban J connectivity index is 1.97. The van der Waals surface area contributed by atoms with Crippen LogP contribution in [0.25, 0.3) is 0 Å². The van der Waals surface area contributed by atoms with Gasteiger partial charge in [0.15, 0.2) is 0 Å². The molecule has 2 saturated carbocycles. The summed E-state index contributed by atoms with van der Waals surface area (Å²) < 4.78 is 11.2. The Kier molecular flexibility index (Phi) is 7.48. The van der Waals surface area contributed by atoms with E-state index in [1.54, 1.807) is 0 Å². The number of hydrogen-bond donors (Lipinski definition) is 0. The summed E-state index contributed by atoms with van der Waals surface area (Å²) in [5.41, 5.74) is 0.542. The molecule has 0 radical (unpaired) electrons. The van der Waals surface area contributed by atoms with Gasteiger partial charge in [0.2, 0.25) is 6.61 Å². The zero-order valence-electron chi connectivity index (χ0n) is 14.9. The van der Waals surface area contributed by atoms with Crippen LogP contribution in [0, 0.1) is 24.4 Å². The van der Waals surface area contributed by atoms with Crippen LogP contribution < -0.4 is 0 Å². The molecule has 3 nitrogen and oxygen atoms in total. The minimum absolute atomic E-state index is 0.00499. The lowest BCUT2D eigenvalue weighted by Gasteiger charge is -2.32. The topological polar surface area (TPSA) is 35.5 Å². The Morgan fingerprint density at radius 3 is 2.17 bits per heavy atom. The molecule has 0 aromatic carbocycles. The summed E-state index contributed by atoms with van der Waals surface area (Å²) >= 11 is 0. The minimum Gasteiger partial charge on any atom is -0.466 e. The van der Waals surface area contributed by atoms with E-state index in [0.717, 1.165) is 0 Å². The van der Waals surface area contributed by atoms with E-state index < -0.39 is 0 Å². The quantitative estimate of drug-likeness (QED) is 0.373. The highest BCUT2D eigenvalue weighted by Crippen LogP contribution is 2.36. The zero-order valence-corrected chi connectivity index (χ0v) is 14.9. The highest BCUT2D eigenvalue weighted by atomic mass is 16.5. The van der Waals surface area contributed by atoms with E-state index >= 15 is 0 Å². The molecule has 0 amide bonds. The lowest BCUT2D eigenvalue weighted by Crippen LogP contribution is -2.35. The molecular formula is C20H33O3+. The molecule has 0 N–H and O–H groups in total. The number of ether oxygens (including phenoxy) is 2. The van der Waals surface area contributed by atoms with Gasteiger partial charge in [0.1, 0.15) is 12.0 Å². The van der Waals surface area contributed by atoms with Gasteiger partial charge in [-0.05, 0) is 44.4 Å². The van der Waals surface area contributed by atoms with Crippen molar-refractivity contribution < 1.29 is 14.3 Å². The molecule has 0 heterocycles. The zero-order chi connectivity index (χ0) is 16.7. The van der Waals surface area contributed by atoms with Crippen LogP contribution in [0.4, 0.5) is 0 Å². The monoisotopic (exact) mass is 321 g/mol. The van der Waals surface area contributed by atoms with Gasteiger partial charge in [-0.15, -0.1) is 0 Å². The molecule has 0 aromatic heterocycles. The van der Waals surface area contributed by atoms with E-state index in [2.05, 4.69) is 20.1 Å². The highest BCUT2D eigenvalue weighted by Gasteiger charge is 2.37. The molecule has 2 aliphatic rings. The van der Waals surface area contributed by atoms with Gasteiger partial charge in [0.05, 0.1) is 7.11 Å². The number of carbonyl (C=O) groups is 1. The predicted octanol–water partition coefficient (Wildman–Crippen LogP) is 5.06. The summed E-state index contributed by atoms with van der Waals surface area (Å²) in [7, 11) is 1.42. The number of esters is 1. The fourth-order valence-electron chi connectivity index (χ4n) is 4.09. The van der Waals surface area contributed by atoms with Gasteiger partial charge in [-0.1, -0.05) is 39.2 Å². The number of carbonyl (C=O) groups excluding carboxylic acids is 1. The van der Waals surface area contributed by atoms with Crippen molar-refractivity contribution in [1.82, 2.24) is 0 Å². The van der Waals surface area contributed by atoms with Gasteiger partial charge in [-0.3, -0.25) is 0 Å². The molecule has 23 heavy (non-hydrogen) atoms. The molecule has 0 unspecified atom stereocenters. The summed E-state index contributed by atoms with van der Waals surface area (Å²) in [6, 6.07) is 0. The molecule has 0 saturated heterocycles. The van der Waals surface area contributed by atoms with Crippen LogP contribution in [0.3, 0.4) is 0 Å². The molecule has 0 bridgehead atoms. The van der Waals surface area contributed by atoms with Crippen molar-refractivity contribution in [3.05, 3.63) is 18.8 Å². The summed E-state index contributed by atoms with van der Waals surface area (Å²) in [6.07, 6.45) is 12.8. The Labute approximate surface area is 141 Å². The molecule has 2 atom stereocenters. The Morgan fingerprint density at radius 2 is 1.61 bits per heavy atom. The van der Waals surface area contributed by atoms with E-state index in [0.29, 0.717) is 17.4 Å². The summed E-state index contributed by atoms with van der Waals surface area (Å²) in [6.45, 7) is 8.11. The minimum atomic E-state index is -0.306. The molecule has 2 rings (SSSR count). The van der Waals surface area contributed by atoms with Crippen molar-refractivity contribution in [2.45, 2.75) is 77.2 Å². The lowest BCUT2D eigenvalue weighted by molar-refractivity contribution is -0.137. The standard InChI is InChI=1S/C20H33O3/c1-15(16(2)20(21)22-3)19(18-12-8-5-9-13-18)23-14-17-10-6-4-7-11-17/h14-15,17-19H,2,4-13H2,1,3H3/q+1/t15-,19+/m1/s1. The van der Waals surface area contributed by atoms with E-state index in [4.69, 9.17) is 9.47 Å². The van der Waals surface area contributed by atoms with Crippen molar-refractivity contribution in [3.63, 3.8) is 0 Å². The maximum absolute atomic E-state index is 11.9. The maximum atomic E-state index is 11.9. The highest BCUT2D eigenvalue weighted by molar-refractivity contribution is 5.88. The summed E-state index contributed by atoms with van der Waals surface area (Å²) in [5.74, 6) is 0.804. The van der Waals surface area contributed by atoms with Crippen LogP contribution >= 0.6 is 0 Å². The molecule has 2 aliphatic carbocycles. The van der Waals surface area contributed by atoms with Gasteiger partial charge >= 0.3 is 5.97 Å². The second-order valence-electron chi connectivity index (χ2n) is 7.34. The molecule has 0 aromatic rings. The summed E-state index contributed by atoms with van der Waals surface area (Å²) in [5, 5.41) is 0. The largest absolute Gasteiger partial charge is 0.466 e. The van der Waals surface area contributed by atoms with E-state index in [1.165, 1.54) is 71.3 Å². The molecule has 130 valence electrons. The van der Waals surface area contributed by atoms with E-state index in [9.17, 15) is 4.79 Å². The SMILES string of the molecule is C=C(C(=O)OC)[C@@H](C)[C@H](O[CH+]C1CCCCC1)C1CCCCC1. The first-order chi connectivity index (χ1) is 11.1. The fourth-order valence-corrected chi connectivity index (χ4v) is 4.09. The van der Waals surface area contributed by atoms with Gasteiger partial charge in [-0.2, -0.15) is 4.74 Å². The molecule has 0 spiro atoms. The van der Waals surface area contributed by atoms with Crippen LogP contribution in [0.2, 0.25) is 0 Å². The van der Waals surface area contributed by atoms with Crippen LogP contribution in [0.1, 0.15) is 71.1 Å². The number of hydrogen-bond acceptors (Lipinski definition) is 3. The molecule has 0 aliphatic heterocycles. The number of methoxy groups -OCH3 is 1. The van der Waals surface area contributed by atoms with Crippen molar-refractivity contribution in [3.8, 4) is 0 Å². The third-order valence-electron chi connectivity index (χ3n) is 5.68. The first-order valence-corrected chi connectivity index (χ1v) is 9.39. The first-order valence-electron chi connectivity index (χ1n) is 9.39. The van der Waals surface area contributed by atoms with Gasteiger partial charge in [0, 0.05) is 11.5 Å². The second kappa shape index (κ2) is 9.36. The van der Waals surface area contributed by atoms with Crippen molar-refractivity contribution in [2.75, 3.05) is 7.11 Å². The molecular weight excluding hydrogens is 288 g/mol. The van der Waals surface area contributed by atoms with Crippen molar-refractivity contribution in [2.24, 2.45) is 17.8 Å². The van der Waals surface area contributed by atoms with Gasteiger partial charge in [0.25, 0.3) is 0 Å². The summed E-state index contributed by atoms with van der Waals surface area (Å²) in [4.78, 5) is 11.9. The Hall–Kier alpha value is -0.960. The smallest absolute Gasteiger partial charge is 0.333 e. The normalized spacial score (nSPS) is 23.0. The average Bonchev–Trinajstić information content (AvgIpc) is 2.62. The molecule has 3 heteroatoms. The number of rotatable bonds is 7. The van der Waals surface area contributed by atoms with Gasteiger partial charge in [-0.25, -0.2) is 4.79 Å². The van der Waals surface area contributed by atoms with Crippen LogP contribution in [0.15, 0.2) is 12.2 Å². The third kappa shape index (κ3) is 5.27. The average molecular weight is 321 g/mol. The lowest BCUT2D eigenvalue weighted by atomic mass is 9.78. The van der Waals surface area contributed by atoms with E-state index in [-0.39, 0.29) is 18.0 Å². The predicted molar refractivity (Wildman–Crippen MR) is 92.6 cm³/mol. The molecule has 2 fully saturated rings. The fraction of sp³-hybridized carbons (Fsp3) is 0.800. The third-order valence-corrected chi connectivity index (χ3v) is 5.68. The Bertz CT molecular complexity index is 378. The van der Waals surface area contributed by atoms with Crippen LogP contribution in [-0.2, 0) is 14.3 Å². The van der Waals surface area contributed by atoms with Crippen LogP contribution in [0.5, 0.6) is 0 Å². The maximum Gasteiger partial charge on any atom is 0.333 e. The van der Waals surface area contributed by atoms with Gasteiger partial charge < -0.3 is 4.74 Å². The Morgan fingerprint density at radius 1 is 1.04 bits per heavy atom.